The van der Waals surface area contributed by atoms with Gasteiger partial charge in [-0.25, -0.2) is 8.42 Å². The molecule has 1 aromatic rings. The van der Waals surface area contributed by atoms with Gasteiger partial charge in [0.1, 0.15) is 4.90 Å². The Morgan fingerprint density at radius 3 is 2.89 bits per heavy atom. The minimum Gasteiger partial charge on any atom is -0.263 e. The molecule has 1 aromatic heterocycles. The topological polar surface area (TPSA) is 50.3 Å². The largest absolute Gasteiger partial charge is 0.263 e. The van der Waals surface area contributed by atoms with E-state index in [1.165, 1.54) is 10.5 Å². The van der Waals surface area contributed by atoms with Gasteiger partial charge in [-0.3, -0.25) is 4.98 Å². The third-order valence-electron chi connectivity index (χ3n) is 3.05. The fraction of sp³-hybridized carbons (Fsp3) is 0.417. The summed E-state index contributed by atoms with van der Waals surface area (Å²) in [5, 5.41) is 0. The number of nitrogens with zero attached hydrogens (tertiary/aromatic N) is 2. The molecule has 6 heteroatoms. The maximum Gasteiger partial charge on any atom is 0.245 e. The van der Waals surface area contributed by atoms with Gasteiger partial charge in [-0.15, -0.1) is 18.3 Å². The van der Waals surface area contributed by atoms with Gasteiger partial charge >= 0.3 is 0 Å². The molecule has 4 nitrogen and oxygen atoms in total. The first kappa shape index (κ1) is 13.6. The second-order valence-corrected chi connectivity index (χ2v) is 8.13. The van der Waals surface area contributed by atoms with Crippen molar-refractivity contribution in [2.24, 2.45) is 0 Å². The minimum atomic E-state index is -3.49. The van der Waals surface area contributed by atoms with Crippen LogP contribution in [-0.4, -0.2) is 34.4 Å². The minimum absolute atomic E-state index is 0.156. The van der Waals surface area contributed by atoms with E-state index in [1.807, 2.05) is 13.8 Å². The fourth-order valence-corrected chi connectivity index (χ4v) is 5.16. The van der Waals surface area contributed by atoms with Gasteiger partial charge < -0.3 is 0 Å². The van der Waals surface area contributed by atoms with Crippen molar-refractivity contribution < 1.29 is 8.42 Å². The maximum absolute atomic E-state index is 12.5. The zero-order valence-electron chi connectivity index (χ0n) is 10.4. The third kappa shape index (κ3) is 2.20. The predicted octanol–water partition coefficient (Wildman–Crippen LogP) is 2.11. The van der Waals surface area contributed by atoms with Gasteiger partial charge in [0.05, 0.1) is 11.9 Å². The molecular formula is C12H16N2O2S2. The van der Waals surface area contributed by atoms with Crippen LogP contribution in [-0.2, 0) is 10.0 Å². The lowest BCUT2D eigenvalue weighted by Crippen LogP contribution is -2.41. The molecule has 1 saturated heterocycles. The second kappa shape index (κ2) is 4.68. The Hall–Kier alpha value is -0.850. The molecule has 18 heavy (non-hydrogen) atoms. The molecule has 0 radical (unpaired) electrons. The van der Waals surface area contributed by atoms with Crippen LogP contribution in [0.25, 0.3) is 0 Å². The molecule has 0 aromatic carbocycles. The van der Waals surface area contributed by atoms with E-state index in [0.717, 1.165) is 0 Å². The van der Waals surface area contributed by atoms with Gasteiger partial charge in [0.25, 0.3) is 0 Å². The van der Waals surface area contributed by atoms with Crippen molar-refractivity contribution in [3.63, 3.8) is 0 Å². The summed E-state index contributed by atoms with van der Waals surface area (Å²) >= 11 is 1.62. The maximum atomic E-state index is 12.5. The molecule has 98 valence electrons. The molecule has 0 N–H and O–H groups in total. The van der Waals surface area contributed by atoms with Gasteiger partial charge in [-0.05, 0) is 26.0 Å². The van der Waals surface area contributed by atoms with Crippen molar-refractivity contribution >= 4 is 21.8 Å². The van der Waals surface area contributed by atoms with Crippen molar-refractivity contribution in [2.45, 2.75) is 29.5 Å². The van der Waals surface area contributed by atoms with Gasteiger partial charge in [0.15, 0.2) is 0 Å². The first-order chi connectivity index (χ1) is 8.39. The van der Waals surface area contributed by atoms with Crippen LogP contribution >= 0.6 is 11.8 Å². The molecule has 0 saturated carbocycles. The lowest BCUT2D eigenvalue weighted by atomic mass is 10.0. The zero-order valence-corrected chi connectivity index (χ0v) is 12.0. The Bertz CT molecular complexity index is 540. The van der Waals surface area contributed by atoms with Gasteiger partial charge in [-0.1, -0.05) is 6.08 Å². The molecule has 0 bridgehead atoms. The summed E-state index contributed by atoms with van der Waals surface area (Å²) in [7, 11) is -3.49. The Morgan fingerprint density at radius 1 is 1.61 bits per heavy atom. The molecule has 1 aliphatic heterocycles. The molecule has 0 unspecified atom stereocenters. The quantitative estimate of drug-likeness (QED) is 0.798. The first-order valence-corrected chi connectivity index (χ1v) is 8.00. The van der Waals surface area contributed by atoms with Gasteiger partial charge in [-0.2, -0.15) is 4.31 Å². The number of hydrogen-bond donors (Lipinski definition) is 0. The van der Waals surface area contributed by atoms with Crippen LogP contribution < -0.4 is 0 Å². The molecule has 2 heterocycles. The third-order valence-corrected chi connectivity index (χ3v) is 6.42. The first-order valence-electron chi connectivity index (χ1n) is 5.58. The van der Waals surface area contributed by atoms with Crippen molar-refractivity contribution in [1.82, 2.24) is 9.29 Å². The van der Waals surface area contributed by atoms with E-state index in [4.69, 9.17) is 0 Å². The molecular weight excluding hydrogens is 268 g/mol. The monoisotopic (exact) mass is 284 g/mol. The van der Waals surface area contributed by atoms with Gasteiger partial charge in [0, 0.05) is 17.1 Å². The summed E-state index contributed by atoms with van der Waals surface area (Å²) in [5.74, 6) is 0.445. The van der Waals surface area contributed by atoms with E-state index < -0.39 is 10.0 Å². The van der Waals surface area contributed by atoms with Crippen LogP contribution in [0.2, 0.25) is 0 Å². The number of hydrogen-bond acceptors (Lipinski definition) is 4. The normalized spacial score (nSPS) is 24.0. The van der Waals surface area contributed by atoms with Gasteiger partial charge in [0.2, 0.25) is 10.0 Å². The zero-order chi connectivity index (χ0) is 13.4. The summed E-state index contributed by atoms with van der Waals surface area (Å²) in [6.45, 7) is 7.82. The average molecular weight is 284 g/mol. The highest BCUT2D eigenvalue weighted by Crippen LogP contribution is 2.42. The Morgan fingerprint density at radius 2 is 2.33 bits per heavy atom. The van der Waals surface area contributed by atoms with Crippen LogP contribution in [0.3, 0.4) is 0 Å². The standard InChI is InChI=1S/C12H16N2O2S2/c1-4-11-12(2,3)17-9-14(11)18(15,16)10-6-5-7-13-8-10/h4-8,11H,1,9H2,2-3H3/t11-/m1/s1. The van der Waals surface area contributed by atoms with Crippen LogP contribution in [0, 0.1) is 0 Å². The average Bonchev–Trinajstić information content (AvgIpc) is 2.66. The van der Waals surface area contributed by atoms with E-state index in [1.54, 1.807) is 36.2 Å². The van der Waals surface area contributed by atoms with E-state index >= 15 is 0 Å². The van der Waals surface area contributed by atoms with Crippen molar-refractivity contribution in [1.29, 1.82) is 0 Å². The summed E-state index contributed by atoms with van der Waals surface area (Å²) < 4.78 is 26.4. The van der Waals surface area contributed by atoms with E-state index in [2.05, 4.69) is 11.6 Å². The van der Waals surface area contributed by atoms with Crippen LogP contribution in [0.15, 0.2) is 42.1 Å². The molecule has 0 aliphatic carbocycles. The number of pyridine rings is 1. The lowest BCUT2D eigenvalue weighted by molar-refractivity contribution is 0.386. The summed E-state index contributed by atoms with van der Waals surface area (Å²) in [6.07, 6.45) is 4.64. The van der Waals surface area contributed by atoms with Crippen molar-refractivity contribution in [2.75, 3.05) is 5.88 Å². The Kier molecular flexibility index (Phi) is 3.53. The molecule has 0 spiro atoms. The predicted molar refractivity (Wildman–Crippen MR) is 73.8 cm³/mol. The second-order valence-electron chi connectivity index (χ2n) is 4.64. The number of aromatic nitrogens is 1. The molecule has 0 amide bonds. The Balaban J connectivity index is 2.41. The lowest BCUT2D eigenvalue weighted by Gasteiger charge is -2.27. The number of rotatable bonds is 3. The van der Waals surface area contributed by atoms with E-state index in [-0.39, 0.29) is 15.7 Å². The molecule has 1 fully saturated rings. The highest BCUT2D eigenvalue weighted by molar-refractivity contribution is 8.02. The number of thioether (sulfide) groups is 1. The highest BCUT2D eigenvalue weighted by atomic mass is 32.2. The highest BCUT2D eigenvalue weighted by Gasteiger charge is 2.45. The SMILES string of the molecule is C=C[C@H]1N(S(=O)(=O)c2cccnc2)CSC1(C)C. The van der Waals surface area contributed by atoms with E-state index in [0.29, 0.717) is 5.88 Å². The molecule has 1 aliphatic rings. The van der Waals surface area contributed by atoms with Crippen molar-refractivity contribution in [3.05, 3.63) is 37.2 Å². The summed E-state index contributed by atoms with van der Waals surface area (Å²) in [6, 6.07) is 3.00. The Labute approximate surface area is 112 Å². The fourth-order valence-electron chi connectivity index (χ4n) is 2.00. The van der Waals surface area contributed by atoms with Crippen molar-refractivity contribution in [3.8, 4) is 0 Å². The van der Waals surface area contributed by atoms with Crippen LogP contribution in [0.5, 0.6) is 0 Å². The van der Waals surface area contributed by atoms with Crippen LogP contribution in [0.4, 0.5) is 0 Å². The summed E-state index contributed by atoms with van der Waals surface area (Å²) in [4.78, 5) is 4.10. The summed E-state index contributed by atoms with van der Waals surface area (Å²) in [5.41, 5.74) is 0. The van der Waals surface area contributed by atoms with Crippen LogP contribution in [0.1, 0.15) is 13.8 Å². The molecule has 2 rings (SSSR count). The molecule has 1 atom stereocenters. The number of sulfonamides is 1. The smallest absolute Gasteiger partial charge is 0.245 e. The van der Waals surface area contributed by atoms with E-state index in [9.17, 15) is 8.42 Å².